The van der Waals surface area contributed by atoms with E-state index in [-0.39, 0.29) is 18.9 Å². The van der Waals surface area contributed by atoms with Gasteiger partial charge in [0.25, 0.3) is 0 Å². The molecule has 1 rings (SSSR count). The molecule has 4 unspecified atom stereocenters. The fourth-order valence-electron chi connectivity index (χ4n) is 3.58. The van der Waals surface area contributed by atoms with Gasteiger partial charge in [-0.3, -0.25) is 19.2 Å². The monoisotopic (exact) mass is 398 g/mol. The molecule has 8 heteroatoms. The van der Waals surface area contributed by atoms with Gasteiger partial charge in [0.2, 0.25) is 0 Å². The first-order chi connectivity index (χ1) is 12.8. The third-order valence-corrected chi connectivity index (χ3v) is 5.15. The molecule has 1 aliphatic rings. The second-order valence-corrected chi connectivity index (χ2v) is 8.06. The molecule has 0 fully saturated rings. The summed E-state index contributed by atoms with van der Waals surface area (Å²) in [5.74, 6) is -7.14. The van der Waals surface area contributed by atoms with Gasteiger partial charge in [-0.05, 0) is 41.0 Å². The average Bonchev–Trinajstić information content (AvgIpc) is 2.52. The smallest absolute Gasteiger partial charge is 0.311 e. The molecule has 0 aromatic carbocycles. The topological polar surface area (TPSA) is 127 Å². The van der Waals surface area contributed by atoms with Crippen molar-refractivity contribution in [2.75, 3.05) is 0 Å². The molecule has 0 heterocycles. The second kappa shape index (κ2) is 9.21. The summed E-state index contributed by atoms with van der Waals surface area (Å²) in [6.45, 7) is 10.0. The van der Waals surface area contributed by atoms with Crippen LogP contribution in [0.4, 0.5) is 0 Å². The normalized spacial score (nSPS) is 25.8. The van der Waals surface area contributed by atoms with Crippen LogP contribution < -0.4 is 0 Å². The standard InChI is InChI=1S/C20H30O8/c1-10(2)27-16(21)8-15(19(26)28-11(3)4)20(6)9-14(18(24)25)13(17(22)23)7-12(20)5/h7,10-11,13-15H,8-9H2,1-6H3,(H,22,23)(H,24,25). The minimum Gasteiger partial charge on any atom is -0.481 e. The van der Waals surface area contributed by atoms with Gasteiger partial charge in [-0.1, -0.05) is 18.6 Å². The number of ether oxygens (including phenoxy) is 2. The van der Waals surface area contributed by atoms with Gasteiger partial charge in [0.15, 0.2) is 0 Å². The Hall–Kier alpha value is -2.38. The Morgan fingerprint density at radius 3 is 2.04 bits per heavy atom. The maximum atomic E-state index is 12.8. The summed E-state index contributed by atoms with van der Waals surface area (Å²) in [5.41, 5.74) is -0.516. The number of esters is 2. The molecular formula is C20H30O8. The second-order valence-electron chi connectivity index (χ2n) is 8.06. The zero-order valence-electron chi connectivity index (χ0n) is 17.2. The highest BCUT2D eigenvalue weighted by atomic mass is 16.5. The first-order valence-corrected chi connectivity index (χ1v) is 9.34. The zero-order chi connectivity index (χ0) is 21.8. The Morgan fingerprint density at radius 1 is 1.07 bits per heavy atom. The Balaban J connectivity index is 3.37. The van der Waals surface area contributed by atoms with Crippen LogP contribution >= 0.6 is 0 Å². The lowest BCUT2D eigenvalue weighted by atomic mass is 9.60. The first kappa shape index (κ1) is 23.7. The van der Waals surface area contributed by atoms with Crippen LogP contribution in [0, 0.1) is 23.2 Å². The maximum Gasteiger partial charge on any atom is 0.311 e. The lowest BCUT2D eigenvalue weighted by Crippen LogP contribution is -2.45. The number of carbonyl (C=O) groups is 4. The van der Waals surface area contributed by atoms with Crippen molar-refractivity contribution in [3.8, 4) is 0 Å². The number of carboxylic acids is 2. The third-order valence-electron chi connectivity index (χ3n) is 5.15. The fourth-order valence-corrected chi connectivity index (χ4v) is 3.58. The predicted molar refractivity (Wildman–Crippen MR) is 99.3 cm³/mol. The predicted octanol–water partition coefficient (Wildman–Crippen LogP) is 2.65. The van der Waals surface area contributed by atoms with Crippen LogP contribution in [-0.2, 0) is 28.7 Å². The van der Waals surface area contributed by atoms with Crippen LogP contribution in [-0.4, -0.2) is 46.3 Å². The van der Waals surface area contributed by atoms with Crippen molar-refractivity contribution in [2.24, 2.45) is 23.2 Å². The number of carboxylic acid groups (broad SMARTS) is 2. The number of carbonyl (C=O) groups excluding carboxylic acids is 2. The quantitative estimate of drug-likeness (QED) is 0.472. The molecule has 28 heavy (non-hydrogen) atoms. The van der Waals surface area contributed by atoms with E-state index in [9.17, 15) is 29.4 Å². The third kappa shape index (κ3) is 5.56. The van der Waals surface area contributed by atoms with E-state index in [2.05, 4.69) is 0 Å². The summed E-state index contributed by atoms with van der Waals surface area (Å²) in [6.07, 6.45) is 0.195. The molecule has 0 amide bonds. The van der Waals surface area contributed by atoms with Crippen LogP contribution in [0.5, 0.6) is 0 Å². The SMILES string of the molecule is CC1=CC(C(=O)O)C(C(=O)O)CC1(C)C(CC(=O)OC(C)C)C(=O)OC(C)C. The lowest BCUT2D eigenvalue weighted by Gasteiger charge is -2.43. The van der Waals surface area contributed by atoms with Gasteiger partial charge in [0, 0.05) is 5.41 Å². The molecule has 0 aromatic rings. The van der Waals surface area contributed by atoms with Crippen molar-refractivity contribution in [2.45, 2.75) is 66.6 Å². The Labute approximate surface area is 164 Å². The summed E-state index contributed by atoms with van der Waals surface area (Å²) in [7, 11) is 0. The van der Waals surface area contributed by atoms with Gasteiger partial charge in [0.05, 0.1) is 36.4 Å². The van der Waals surface area contributed by atoms with E-state index in [0.717, 1.165) is 0 Å². The van der Waals surface area contributed by atoms with Gasteiger partial charge >= 0.3 is 23.9 Å². The molecule has 0 saturated heterocycles. The van der Waals surface area contributed by atoms with E-state index in [1.165, 1.54) is 6.08 Å². The van der Waals surface area contributed by atoms with Crippen LogP contribution in [0.15, 0.2) is 11.6 Å². The summed E-state index contributed by atoms with van der Waals surface area (Å²) in [5, 5.41) is 18.9. The van der Waals surface area contributed by atoms with Gasteiger partial charge in [-0.25, -0.2) is 0 Å². The highest BCUT2D eigenvalue weighted by Crippen LogP contribution is 2.49. The Bertz CT molecular complexity index is 663. The molecule has 158 valence electrons. The van der Waals surface area contributed by atoms with Crippen molar-refractivity contribution in [1.82, 2.24) is 0 Å². The largest absolute Gasteiger partial charge is 0.481 e. The highest BCUT2D eigenvalue weighted by Gasteiger charge is 2.51. The number of allylic oxidation sites excluding steroid dienone is 1. The van der Waals surface area contributed by atoms with Crippen molar-refractivity contribution in [3.05, 3.63) is 11.6 Å². The minimum atomic E-state index is -1.26. The van der Waals surface area contributed by atoms with E-state index < -0.39 is 53.1 Å². The van der Waals surface area contributed by atoms with Crippen LogP contribution in [0.1, 0.15) is 54.4 Å². The Morgan fingerprint density at radius 2 is 1.61 bits per heavy atom. The molecule has 1 aliphatic carbocycles. The molecule has 4 atom stereocenters. The highest BCUT2D eigenvalue weighted by molar-refractivity contribution is 5.84. The molecule has 0 radical (unpaired) electrons. The summed E-state index contributed by atoms with van der Waals surface area (Å²) in [6, 6.07) is 0. The maximum absolute atomic E-state index is 12.8. The molecule has 0 bridgehead atoms. The van der Waals surface area contributed by atoms with Crippen molar-refractivity contribution >= 4 is 23.9 Å². The number of hydrogen-bond acceptors (Lipinski definition) is 6. The van der Waals surface area contributed by atoms with E-state index in [1.807, 2.05) is 0 Å². The molecule has 8 nitrogen and oxygen atoms in total. The van der Waals surface area contributed by atoms with Gasteiger partial charge in [-0.15, -0.1) is 0 Å². The molecule has 0 saturated carbocycles. The first-order valence-electron chi connectivity index (χ1n) is 9.34. The molecule has 0 aromatic heterocycles. The summed E-state index contributed by atoms with van der Waals surface area (Å²) >= 11 is 0. The minimum absolute atomic E-state index is 0.103. The van der Waals surface area contributed by atoms with Gasteiger partial charge < -0.3 is 19.7 Å². The number of aliphatic carboxylic acids is 2. The number of rotatable bonds is 8. The zero-order valence-corrected chi connectivity index (χ0v) is 17.2. The van der Waals surface area contributed by atoms with E-state index in [1.54, 1.807) is 41.5 Å². The van der Waals surface area contributed by atoms with E-state index >= 15 is 0 Å². The van der Waals surface area contributed by atoms with Gasteiger partial charge in [0.1, 0.15) is 0 Å². The van der Waals surface area contributed by atoms with Crippen molar-refractivity contribution in [1.29, 1.82) is 0 Å². The van der Waals surface area contributed by atoms with Crippen molar-refractivity contribution in [3.63, 3.8) is 0 Å². The van der Waals surface area contributed by atoms with Crippen LogP contribution in [0.25, 0.3) is 0 Å². The molecule has 0 spiro atoms. The van der Waals surface area contributed by atoms with Crippen molar-refractivity contribution < 1.29 is 38.9 Å². The fraction of sp³-hybridized carbons (Fsp3) is 0.700. The molecular weight excluding hydrogens is 368 g/mol. The summed E-state index contributed by atoms with van der Waals surface area (Å²) < 4.78 is 10.5. The van der Waals surface area contributed by atoms with E-state index in [0.29, 0.717) is 5.57 Å². The molecule has 0 aliphatic heterocycles. The number of hydrogen-bond donors (Lipinski definition) is 2. The summed E-state index contributed by atoms with van der Waals surface area (Å²) in [4.78, 5) is 48.3. The molecule has 2 N–H and O–H groups in total. The van der Waals surface area contributed by atoms with Gasteiger partial charge in [-0.2, -0.15) is 0 Å². The Kier molecular flexibility index (Phi) is 7.78. The average molecular weight is 398 g/mol. The van der Waals surface area contributed by atoms with Crippen LogP contribution in [0.2, 0.25) is 0 Å². The lowest BCUT2D eigenvalue weighted by molar-refractivity contribution is -0.165. The van der Waals surface area contributed by atoms with Crippen LogP contribution in [0.3, 0.4) is 0 Å². The van der Waals surface area contributed by atoms with E-state index in [4.69, 9.17) is 9.47 Å².